The normalized spacial score (nSPS) is 13.4. The summed E-state index contributed by atoms with van der Waals surface area (Å²) in [6, 6.07) is 11.0. The summed E-state index contributed by atoms with van der Waals surface area (Å²) in [7, 11) is 0. The molecule has 0 bridgehead atoms. The average molecular weight is 351 g/mol. The SMILES string of the molecule is [CH3][Au][PH](C)(C)c1ccccc1. The molecule has 0 unspecified atom stereocenters. The van der Waals surface area contributed by atoms with Crippen molar-refractivity contribution >= 4 is 10.5 Å². The summed E-state index contributed by atoms with van der Waals surface area (Å²) in [6.07, 6.45) is 0. The predicted molar refractivity (Wildman–Crippen MR) is 52.1 cm³/mol. The van der Waals surface area contributed by atoms with E-state index in [9.17, 15) is 0 Å². The van der Waals surface area contributed by atoms with Gasteiger partial charge in [0.25, 0.3) is 0 Å². The van der Waals surface area contributed by atoms with Crippen molar-refractivity contribution < 1.29 is 19.2 Å². The molecule has 0 amide bonds. The van der Waals surface area contributed by atoms with Crippen LogP contribution in [0.4, 0.5) is 0 Å². The van der Waals surface area contributed by atoms with Crippen molar-refractivity contribution in [2.75, 3.05) is 13.3 Å². The van der Waals surface area contributed by atoms with Crippen LogP contribution in [0.5, 0.6) is 0 Å². The van der Waals surface area contributed by atoms with Gasteiger partial charge in [0.1, 0.15) is 0 Å². The van der Waals surface area contributed by atoms with Gasteiger partial charge < -0.3 is 0 Å². The van der Waals surface area contributed by atoms with Gasteiger partial charge in [0, 0.05) is 0 Å². The third-order valence-electron chi connectivity index (χ3n) is 1.82. The van der Waals surface area contributed by atoms with Crippen LogP contribution < -0.4 is 5.30 Å². The monoisotopic (exact) mass is 351 g/mol. The second-order valence-electron chi connectivity index (χ2n) is 2.89. The third-order valence-corrected chi connectivity index (χ3v) is 14.2. The van der Waals surface area contributed by atoms with Crippen LogP contribution in [0, 0.1) is 0 Å². The van der Waals surface area contributed by atoms with Crippen LogP contribution in [-0.2, 0) is 19.2 Å². The van der Waals surface area contributed by atoms with E-state index in [-0.39, 0.29) is 0 Å². The number of hydrogen-bond acceptors (Lipinski definition) is 0. The molecule has 0 aromatic heterocycles. The van der Waals surface area contributed by atoms with Crippen LogP contribution in [0.25, 0.3) is 0 Å². The van der Waals surface area contributed by atoms with E-state index in [2.05, 4.69) is 48.8 Å². The number of hydrogen-bond donors (Lipinski definition) is 0. The molecule has 0 aliphatic rings. The predicted octanol–water partition coefficient (Wildman–Crippen LogP) is 2.37. The molecule has 0 heterocycles. The van der Waals surface area contributed by atoms with E-state index >= 15 is 0 Å². The summed E-state index contributed by atoms with van der Waals surface area (Å²) in [5.41, 5.74) is 0. The molecule has 0 N–H and O–H groups in total. The van der Waals surface area contributed by atoms with Crippen LogP contribution >= 0.6 is 5.15 Å². The number of benzene rings is 1. The molecule has 0 aliphatic heterocycles. The van der Waals surface area contributed by atoms with E-state index < -0.39 is 5.15 Å². The summed E-state index contributed by atoms with van der Waals surface area (Å²) >= 11 is 0.527. The maximum atomic E-state index is 2.46. The Morgan fingerprint density at radius 3 is 2.09 bits per heavy atom. The standard InChI is InChI=1S/C8H11P.CH3.Au/c1-9(2)8-6-4-3-5-7-8;;/h3-7H,1-2H3;1H3;/q;;-1/p+1. The molecule has 0 saturated heterocycles. The minimum absolute atomic E-state index is 0.527. The van der Waals surface area contributed by atoms with Crippen LogP contribution in [-0.4, -0.2) is 13.3 Å². The molecule has 0 saturated carbocycles. The topological polar surface area (TPSA) is 0 Å². The molecule has 1 rings (SSSR count). The van der Waals surface area contributed by atoms with Gasteiger partial charge >= 0.3 is 78.5 Å². The minimum atomic E-state index is -0.956. The Bertz CT molecular complexity index is 218. The molecule has 1 aromatic carbocycles. The van der Waals surface area contributed by atoms with Crippen molar-refractivity contribution in [1.82, 2.24) is 0 Å². The summed E-state index contributed by atoms with van der Waals surface area (Å²) in [4.78, 5) is 0. The molecular weight excluding hydrogens is 336 g/mol. The fourth-order valence-electron chi connectivity index (χ4n) is 0.909. The van der Waals surface area contributed by atoms with Gasteiger partial charge in [-0.25, -0.2) is 0 Å². The molecule has 67 valence electrons. The van der Waals surface area contributed by atoms with E-state index in [1.54, 1.807) is 5.30 Å². The first kappa shape index (κ1) is 9.48. The maximum absolute atomic E-state index is 2.46. The first-order valence-corrected chi connectivity index (χ1v) is 11.8. The Kier molecular flexibility index (Phi) is 3.33. The zero-order valence-electron chi connectivity index (χ0n) is 7.19. The van der Waals surface area contributed by atoms with Crippen LogP contribution in [0.3, 0.4) is 0 Å². The molecule has 0 nitrogen and oxygen atoms in total. The zero-order chi connectivity index (χ0) is 8.32. The van der Waals surface area contributed by atoms with Gasteiger partial charge in [0.05, 0.1) is 0 Å². The number of rotatable bonds is 2. The van der Waals surface area contributed by atoms with Gasteiger partial charge in [-0.3, -0.25) is 0 Å². The summed E-state index contributed by atoms with van der Waals surface area (Å²) in [5.74, 6) is 0. The van der Waals surface area contributed by atoms with E-state index in [1.165, 1.54) is 0 Å². The van der Waals surface area contributed by atoms with Crippen molar-refractivity contribution in [2.24, 2.45) is 0 Å². The van der Waals surface area contributed by atoms with Gasteiger partial charge in [-0.15, -0.1) is 0 Å². The molecule has 0 aliphatic carbocycles. The second kappa shape index (κ2) is 3.87. The Morgan fingerprint density at radius 2 is 1.64 bits per heavy atom. The van der Waals surface area contributed by atoms with E-state index in [0.717, 1.165) is 0 Å². The molecule has 1 aromatic rings. The van der Waals surface area contributed by atoms with E-state index in [1.807, 2.05) is 0 Å². The van der Waals surface area contributed by atoms with Crippen molar-refractivity contribution in [1.29, 1.82) is 0 Å². The zero-order valence-corrected chi connectivity index (χ0v) is 10.4. The van der Waals surface area contributed by atoms with Crippen molar-refractivity contribution in [3.8, 4) is 0 Å². The third kappa shape index (κ3) is 2.42. The first-order valence-electron chi connectivity index (χ1n) is 3.61. The van der Waals surface area contributed by atoms with Crippen molar-refractivity contribution in [2.45, 2.75) is 5.14 Å². The average Bonchev–Trinajstić information content (AvgIpc) is 2.06. The fourth-order valence-corrected chi connectivity index (χ4v) is 5.00. The molecule has 0 spiro atoms. The first-order chi connectivity index (χ1) is 5.17. The fraction of sp³-hybridized carbons (Fsp3) is 0.333. The second-order valence-corrected chi connectivity index (χ2v) is 17.9. The summed E-state index contributed by atoms with van der Waals surface area (Å²) in [5, 5.41) is 3.05. The summed E-state index contributed by atoms with van der Waals surface area (Å²) < 4.78 is 0. The van der Waals surface area contributed by atoms with Gasteiger partial charge in [-0.2, -0.15) is 0 Å². The van der Waals surface area contributed by atoms with Crippen LogP contribution in [0.2, 0.25) is 5.14 Å². The molecule has 0 fully saturated rings. The molecular formula is C9H15AuP. The van der Waals surface area contributed by atoms with Gasteiger partial charge in [-0.05, 0) is 0 Å². The van der Waals surface area contributed by atoms with Crippen molar-refractivity contribution in [3.63, 3.8) is 0 Å². The molecule has 2 heteroatoms. The molecule has 11 heavy (non-hydrogen) atoms. The Morgan fingerprint density at radius 1 is 1.09 bits per heavy atom. The van der Waals surface area contributed by atoms with Gasteiger partial charge in [0.15, 0.2) is 0 Å². The van der Waals surface area contributed by atoms with E-state index in [4.69, 9.17) is 0 Å². The van der Waals surface area contributed by atoms with Gasteiger partial charge in [-0.1, -0.05) is 0 Å². The Labute approximate surface area is 78.5 Å². The van der Waals surface area contributed by atoms with Crippen LogP contribution in [0.15, 0.2) is 30.3 Å². The Balaban J connectivity index is 2.93. The molecule has 0 radical (unpaired) electrons. The Hall–Kier alpha value is 0.390. The van der Waals surface area contributed by atoms with Crippen LogP contribution in [0.1, 0.15) is 0 Å². The quantitative estimate of drug-likeness (QED) is 0.567. The van der Waals surface area contributed by atoms with E-state index in [0.29, 0.717) is 19.2 Å². The van der Waals surface area contributed by atoms with Crippen molar-refractivity contribution in [3.05, 3.63) is 30.3 Å². The van der Waals surface area contributed by atoms with Gasteiger partial charge in [0.2, 0.25) is 0 Å². The summed E-state index contributed by atoms with van der Waals surface area (Å²) in [6.45, 7) is 4.92. The molecule has 0 atom stereocenters.